The van der Waals surface area contributed by atoms with Gasteiger partial charge in [0.25, 0.3) is 11.6 Å². The molecule has 3 aromatic rings. The Morgan fingerprint density at radius 1 is 1.18 bits per heavy atom. The van der Waals surface area contributed by atoms with Crippen LogP contribution in [0.15, 0.2) is 54.6 Å². The lowest BCUT2D eigenvalue weighted by Gasteiger charge is -2.28. The number of non-ortho nitro benzene ring substituents is 1. The molecule has 0 atom stereocenters. The summed E-state index contributed by atoms with van der Waals surface area (Å²) in [6, 6.07) is 15.5. The van der Waals surface area contributed by atoms with Gasteiger partial charge in [-0.25, -0.2) is 4.68 Å². The summed E-state index contributed by atoms with van der Waals surface area (Å²) < 4.78 is 7.08. The smallest absolute Gasteiger partial charge is 0.271 e. The topological polar surface area (TPSA) is 120 Å². The van der Waals surface area contributed by atoms with E-state index in [9.17, 15) is 19.7 Å². The molecule has 1 aromatic heterocycles. The predicted octanol–water partition coefficient (Wildman–Crippen LogP) is 3.50. The number of nitro benzene ring substituents is 1. The molecule has 0 fully saturated rings. The van der Waals surface area contributed by atoms with Gasteiger partial charge in [0.2, 0.25) is 5.91 Å². The largest absolute Gasteiger partial charge is 0.482 e. The Kier molecular flexibility index (Phi) is 6.06. The molecule has 176 valence electrons. The second-order valence-electron chi connectivity index (χ2n) is 9.03. The van der Waals surface area contributed by atoms with Crippen molar-refractivity contribution in [1.82, 2.24) is 9.78 Å². The fourth-order valence-corrected chi connectivity index (χ4v) is 3.56. The Labute approximate surface area is 196 Å². The highest BCUT2D eigenvalue weighted by Gasteiger charge is 2.30. The molecular weight excluding hydrogens is 438 g/mol. The highest BCUT2D eigenvalue weighted by molar-refractivity contribution is 6.05. The maximum absolute atomic E-state index is 13.0. The predicted molar refractivity (Wildman–Crippen MR) is 126 cm³/mol. The van der Waals surface area contributed by atoms with Crippen molar-refractivity contribution in [2.45, 2.75) is 32.7 Å². The Morgan fingerprint density at radius 2 is 1.91 bits per heavy atom. The highest BCUT2D eigenvalue weighted by atomic mass is 16.6. The summed E-state index contributed by atoms with van der Waals surface area (Å²) in [7, 11) is 0. The zero-order chi connectivity index (χ0) is 24.5. The molecule has 0 saturated carbocycles. The molecular formula is C24H25N5O5. The monoisotopic (exact) mass is 463 g/mol. The number of hydrogen-bond acceptors (Lipinski definition) is 6. The Bertz CT molecular complexity index is 1250. The van der Waals surface area contributed by atoms with Crippen LogP contribution in [0.2, 0.25) is 0 Å². The summed E-state index contributed by atoms with van der Waals surface area (Å²) in [4.78, 5) is 37.3. The number of amides is 2. The van der Waals surface area contributed by atoms with Gasteiger partial charge in [0.05, 0.1) is 22.8 Å². The van der Waals surface area contributed by atoms with E-state index in [2.05, 4.69) is 10.4 Å². The van der Waals surface area contributed by atoms with Crippen molar-refractivity contribution in [3.8, 4) is 5.75 Å². The lowest BCUT2D eigenvalue weighted by molar-refractivity contribution is -0.384. The first-order valence-corrected chi connectivity index (χ1v) is 10.8. The average molecular weight is 463 g/mol. The van der Waals surface area contributed by atoms with Crippen molar-refractivity contribution in [3.05, 3.63) is 76.0 Å². The number of fused-ring (bicyclic) bond motifs is 1. The molecule has 2 amide bonds. The Morgan fingerprint density at radius 3 is 2.59 bits per heavy atom. The highest BCUT2D eigenvalue weighted by Crippen LogP contribution is 2.35. The summed E-state index contributed by atoms with van der Waals surface area (Å²) >= 11 is 0. The molecule has 0 bridgehead atoms. The van der Waals surface area contributed by atoms with Gasteiger partial charge < -0.3 is 10.1 Å². The first kappa shape index (κ1) is 23.0. The van der Waals surface area contributed by atoms with Crippen molar-refractivity contribution in [2.24, 2.45) is 0 Å². The molecule has 2 aromatic carbocycles. The van der Waals surface area contributed by atoms with E-state index in [-0.39, 0.29) is 29.9 Å². The lowest BCUT2D eigenvalue weighted by Crippen LogP contribution is -2.43. The van der Waals surface area contributed by atoms with Crippen molar-refractivity contribution < 1.29 is 19.2 Å². The van der Waals surface area contributed by atoms with Crippen LogP contribution >= 0.6 is 0 Å². The standard InChI is InChI=1S/C24H25N5O5/c1-24(2,3)20-12-21(28(26-20)13-16-7-5-4-6-8-16)25-22(30)14-27-18-11-17(29(32)33)9-10-19(18)34-15-23(27)31/h4-12H,13-15H2,1-3H3,(H,25,30). The summed E-state index contributed by atoms with van der Waals surface area (Å²) in [5, 5.41) is 18.7. The minimum Gasteiger partial charge on any atom is -0.482 e. The minimum atomic E-state index is -0.562. The Balaban J connectivity index is 1.59. The molecule has 1 aliphatic rings. The second-order valence-corrected chi connectivity index (χ2v) is 9.03. The third-order valence-corrected chi connectivity index (χ3v) is 5.39. The van der Waals surface area contributed by atoms with E-state index in [1.54, 1.807) is 4.68 Å². The van der Waals surface area contributed by atoms with Gasteiger partial charge in [-0.1, -0.05) is 51.1 Å². The molecule has 1 N–H and O–H groups in total. The molecule has 0 spiro atoms. The SMILES string of the molecule is CC(C)(C)c1cc(NC(=O)CN2C(=O)COc3ccc([N+](=O)[O-])cc32)n(Cc2ccccc2)n1. The van der Waals surface area contributed by atoms with Crippen molar-refractivity contribution in [2.75, 3.05) is 23.4 Å². The first-order chi connectivity index (χ1) is 16.1. The number of benzene rings is 2. The maximum Gasteiger partial charge on any atom is 0.271 e. The van der Waals surface area contributed by atoms with Crippen LogP contribution in [-0.2, 0) is 21.5 Å². The zero-order valence-electron chi connectivity index (χ0n) is 19.1. The van der Waals surface area contributed by atoms with Crippen molar-refractivity contribution in [3.63, 3.8) is 0 Å². The number of nitrogens with zero attached hydrogens (tertiary/aromatic N) is 4. The third kappa shape index (κ3) is 4.90. The van der Waals surface area contributed by atoms with Gasteiger partial charge in [-0.2, -0.15) is 5.10 Å². The van der Waals surface area contributed by atoms with Crippen molar-refractivity contribution >= 4 is 29.0 Å². The van der Waals surface area contributed by atoms with E-state index in [1.165, 1.54) is 23.1 Å². The van der Waals surface area contributed by atoms with E-state index < -0.39 is 16.7 Å². The summed E-state index contributed by atoms with van der Waals surface area (Å²) in [5.74, 6) is -0.111. The molecule has 0 aliphatic carbocycles. The quantitative estimate of drug-likeness (QED) is 0.441. The fraction of sp³-hybridized carbons (Fsp3) is 0.292. The second kappa shape index (κ2) is 8.97. The third-order valence-electron chi connectivity index (χ3n) is 5.39. The maximum atomic E-state index is 13.0. The van der Waals surface area contributed by atoms with Gasteiger partial charge in [-0.15, -0.1) is 0 Å². The van der Waals surface area contributed by atoms with Crippen LogP contribution in [-0.4, -0.2) is 39.7 Å². The molecule has 2 heterocycles. The van der Waals surface area contributed by atoms with Crippen LogP contribution in [0.5, 0.6) is 5.75 Å². The lowest BCUT2D eigenvalue weighted by atomic mass is 9.92. The summed E-state index contributed by atoms with van der Waals surface area (Å²) in [6.07, 6.45) is 0. The van der Waals surface area contributed by atoms with Crippen LogP contribution in [0, 0.1) is 10.1 Å². The number of ether oxygens (including phenoxy) is 1. The molecule has 4 rings (SSSR count). The Hall–Kier alpha value is -4.21. The number of nitro groups is 1. The summed E-state index contributed by atoms with van der Waals surface area (Å²) in [6.45, 7) is 5.98. The van der Waals surface area contributed by atoms with E-state index in [0.717, 1.165) is 11.3 Å². The molecule has 0 radical (unpaired) electrons. The van der Waals surface area contributed by atoms with Crippen LogP contribution in [0.25, 0.3) is 0 Å². The van der Waals surface area contributed by atoms with Gasteiger partial charge >= 0.3 is 0 Å². The van der Waals surface area contributed by atoms with Crippen LogP contribution < -0.4 is 15.0 Å². The average Bonchev–Trinajstić information content (AvgIpc) is 3.18. The number of aromatic nitrogens is 2. The number of nitrogens with one attached hydrogen (secondary N) is 1. The number of rotatable bonds is 6. The van der Waals surface area contributed by atoms with Gasteiger partial charge in [-0.05, 0) is 11.6 Å². The van der Waals surface area contributed by atoms with E-state index in [4.69, 9.17) is 4.74 Å². The van der Waals surface area contributed by atoms with Gasteiger partial charge in [0, 0.05) is 23.6 Å². The fourth-order valence-electron chi connectivity index (χ4n) is 3.56. The van der Waals surface area contributed by atoms with Gasteiger partial charge in [-0.3, -0.25) is 24.6 Å². The number of carbonyl (C=O) groups is 2. The minimum absolute atomic E-state index is 0.189. The summed E-state index contributed by atoms with van der Waals surface area (Å²) in [5.41, 5.74) is 1.58. The molecule has 34 heavy (non-hydrogen) atoms. The number of hydrogen-bond donors (Lipinski definition) is 1. The normalized spacial score (nSPS) is 13.3. The molecule has 10 nitrogen and oxygen atoms in total. The van der Waals surface area contributed by atoms with E-state index in [1.807, 2.05) is 57.2 Å². The van der Waals surface area contributed by atoms with Crippen molar-refractivity contribution in [1.29, 1.82) is 0 Å². The van der Waals surface area contributed by atoms with Gasteiger partial charge in [0.1, 0.15) is 18.1 Å². The number of carbonyl (C=O) groups excluding carboxylic acids is 2. The van der Waals surface area contributed by atoms with Crippen LogP contribution in [0.4, 0.5) is 17.2 Å². The van der Waals surface area contributed by atoms with E-state index in [0.29, 0.717) is 18.1 Å². The first-order valence-electron chi connectivity index (χ1n) is 10.8. The molecule has 0 saturated heterocycles. The number of anilines is 2. The van der Waals surface area contributed by atoms with Crippen LogP contribution in [0.3, 0.4) is 0 Å². The van der Waals surface area contributed by atoms with Crippen LogP contribution in [0.1, 0.15) is 32.0 Å². The molecule has 0 unspecified atom stereocenters. The molecule has 10 heteroatoms. The van der Waals surface area contributed by atoms with E-state index >= 15 is 0 Å². The zero-order valence-corrected chi connectivity index (χ0v) is 19.1. The van der Waals surface area contributed by atoms with Gasteiger partial charge in [0.15, 0.2) is 6.61 Å². The molecule has 1 aliphatic heterocycles.